The number of nitrogens with zero attached hydrogens (tertiary/aromatic N) is 2. The van der Waals surface area contributed by atoms with Crippen molar-refractivity contribution in [2.45, 2.75) is 19.4 Å². The molecule has 2 heterocycles. The van der Waals surface area contributed by atoms with Gasteiger partial charge in [-0.3, -0.25) is 9.59 Å². The molecule has 3 rings (SSSR count). The number of carbonyl (C=O) groups is 2. The van der Waals surface area contributed by atoms with Crippen molar-refractivity contribution in [1.29, 1.82) is 0 Å². The molecule has 1 saturated heterocycles. The summed E-state index contributed by atoms with van der Waals surface area (Å²) >= 11 is 1.55. The third-order valence-corrected chi connectivity index (χ3v) is 4.68. The zero-order valence-electron chi connectivity index (χ0n) is 12.3. The van der Waals surface area contributed by atoms with Gasteiger partial charge in [0.1, 0.15) is 11.0 Å². The Bertz CT molecular complexity index is 705. The molecule has 0 radical (unpaired) electrons. The van der Waals surface area contributed by atoms with Crippen LogP contribution in [0.2, 0.25) is 0 Å². The van der Waals surface area contributed by atoms with Crippen LogP contribution in [0.3, 0.4) is 0 Å². The normalized spacial score (nSPS) is 18.9. The van der Waals surface area contributed by atoms with Crippen LogP contribution >= 0.6 is 11.3 Å². The Labute approximate surface area is 132 Å². The van der Waals surface area contributed by atoms with Crippen LogP contribution < -0.4 is 5.32 Å². The molecule has 1 fully saturated rings. The number of fused-ring (bicyclic) bond motifs is 1. The fraction of sp³-hybridized carbons (Fsp3) is 0.312. The molecule has 0 saturated carbocycles. The summed E-state index contributed by atoms with van der Waals surface area (Å²) in [6.07, 6.45) is 3.86. The number of thiazole rings is 1. The fourth-order valence-electron chi connectivity index (χ4n) is 2.58. The van der Waals surface area contributed by atoms with E-state index in [0.29, 0.717) is 19.5 Å². The molecule has 1 unspecified atom stereocenters. The number of piperazine rings is 1. The number of aromatic nitrogens is 1. The molecule has 0 spiro atoms. The molecule has 114 valence electrons. The maximum atomic E-state index is 12.3. The van der Waals surface area contributed by atoms with Crippen LogP contribution in [0.15, 0.2) is 30.3 Å². The van der Waals surface area contributed by atoms with Crippen LogP contribution in [0.1, 0.15) is 18.4 Å². The molecule has 1 atom stereocenters. The molecule has 22 heavy (non-hydrogen) atoms. The number of carbonyl (C=O) groups excluding carboxylic acids is 2. The van der Waals surface area contributed by atoms with E-state index in [4.69, 9.17) is 0 Å². The fourth-order valence-corrected chi connectivity index (χ4v) is 3.45. The second kappa shape index (κ2) is 6.27. The van der Waals surface area contributed by atoms with Crippen molar-refractivity contribution >= 4 is 39.4 Å². The van der Waals surface area contributed by atoms with Gasteiger partial charge in [0.25, 0.3) is 0 Å². The number of hydrogen-bond acceptors (Lipinski definition) is 4. The lowest BCUT2D eigenvalue weighted by Crippen LogP contribution is -2.56. The standard InChI is InChI=1S/C16H17N3O2S/c1-2-12-16(21)17-9-10-19(12)15(20)8-7-14-18-11-5-3-4-6-13(11)22-14/h3-8,12H,2,9-10H2,1H3,(H,17,21). The zero-order chi connectivity index (χ0) is 15.5. The highest BCUT2D eigenvalue weighted by Gasteiger charge is 2.30. The van der Waals surface area contributed by atoms with E-state index < -0.39 is 0 Å². The van der Waals surface area contributed by atoms with Gasteiger partial charge in [0.15, 0.2) is 0 Å². The average Bonchev–Trinajstić information content (AvgIpc) is 2.95. The summed E-state index contributed by atoms with van der Waals surface area (Å²) in [7, 11) is 0. The molecule has 0 bridgehead atoms. The third-order valence-electron chi connectivity index (χ3n) is 3.68. The van der Waals surface area contributed by atoms with Crippen molar-refractivity contribution < 1.29 is 9.59 Å². The van der Waals surface area contributed by atoms with E-state index in [0.717, 1.165) is 15.2 Å². The predicted octanol–water partition coefficient (Wildman–Crippen LogP) is 2.05. The van der Waals surface area contributed by atoms with Crippen LogP contribution in [0, 0.1) is 0 Å². The lowest BCUT2D eigenvalue weighted by molar-refractivity contribution is -0.140. The van der Waals surface area contributed by atoms with E-state index in [-0.39, 0.29) is 17.9 Å². The molecule has 0 aliphatic carbocycles. The second-order valence-corrected chi connectivity index (χ2v) is 6.16. The molecule has 2 amide bonds. The summed E-state index contributed by atoms with van der Waals surface area (Å²) in [6.45, 7) is 2.97. The minimum absolute atomic E-state index is 0.0736. The van der Waals surface area contributed by atoms with Crippen LogP contribution in [0.5, 0.6) is 0 Å². The van der Waals surface area contributed by atoms with E-state index >= 15 is 0 Å². The van der Waals surface area contributed by atoms with E-state index in [9.17, 15) is 9.59 Å². The Morgan fingerprint density at radius 2 is 2.32 bits per heavy atom. The summed E-state index contributed by atoms with van der Waals surface area (Å²) in [5, 5.41) is 3.59. The Balaban J connectivity index is 1.76. The molecule has 6 heteroatoms. The van der Waals surface area contributed by atoms with E-state index in [1.807, 2.05) is 31.2 Å². The highest BCUT2D eigenvalue weighted by atomic mass is 32.1. The van der Waals surface area contributed by atoms with Gasteiger partial charge >= 0.3 is 0 Å². The van der Waals surface area contributed by atoms with Gasteiger partial charge in [0, 0.05) is 19.2 Å². The van der Waals surface area contributed by atoms with Gasteiger partial charge in [-0.15, -0.1) is 11.3 Å². The molecule has 1 aromatic carbocycles. The minimum Gasteiger partial charge on any atom is -0.353 e. The minimum atomic E-state index is -0.374. The van der Waals surface area contributed by atoms with Crippen LogP contribution in [-0.4, -0.2) is 40.8 Å². The third kappa shape index (κ3) is 2.87. The van der Waals surface area contributed by atoms with E-state index in [2.05, 4.69) is 10.3 Å². The molecular weight excluding hydrogens is 298 g/mol. The summed E-state index contributed by atoms with van der Waals surface area (Å²) in [4.78, 5) is 30.2. The average molecular weight is 315 g/mol. The van der Waals surface area contributed by atoms with Crippen molar-refractivity contribution in [2.24, 2.45) is 0 Å². The van der Waals surface area contributed by atoms with Crippen molar-refractivity contribution in [2.75, 3.05) is 13.1 Å². The highest BCUT2D eigenvalue weighted by Crippen LogP contribution is 2.22. The van der Waals surface area contributed by atoms with Crippen molar-refractivity contribution in [3.63, 3.8) is 0 Å². The maximum Gasteiger partial charge on any atom is 0.247 e. The Kier molecular flexibility index (Phi) is 4.20. The van der Waals surface area contributed by atoms with Crippen molar-refractivity contribution in [3.8, 4) is 0 Å². The van der Waals surface area contributed by atoms with Crippen LogP contribution in [-0.2, 0) is 9.59 Å². The number of hydrogen-bond donors (Lipinski definition) is 1. The van der Waals surface area contributed by atoms with Gasteiger partial charge < -0.3 is 10.2 Å². The van der Waals surface area contributed by atoms with Crippen LogP contribution in [0.4, 0.5) is 0 Å². The van der Waals surface area contributed by atoms with Crippen LogP contribution in [0.25, 0.3) is 16.3 Å². The molecule has 1 aliphatic heterocycles. The first-order valence-electron chi connectivity index (χ1n) is 7.31. The maximum absolute atomic E-state index is 12.3. The quantitative estimate of drug-likeness (QED) is 0.882. The summed E-state index contributed by atoms with van der Waals surface area (Å²) in [5.41, 5.74) is 0.934. The smallest absolute Gasteiger partial charge is 0.247 e. The summed E-state index contributed by atoms with van der Waals surface area (Å²) in [5.74, 6) is -0.212. The highest BCUT2D eigenvalue weighted by molar-refractivity contribution is 7.19. The van der Waals surface area contributed by atoms with Gasteiger partial charge in [-0.2, -0.15) is 0 Å². The van der Waals surface area contributed by atoms with Gasteiger partial charge in [-0.25, -0.2) is 4.98 Å². The molecule has 5 nitrogen and oxygen atoms in total. The van der Waals surface area contributed by atoms with Gasteiger partial charge in [-0.05, 0) is 24.6 Å². The first-order valence-corrected chi connectivity index (χ1v) is 8.12. The van der Waals surface area contributed by atoms with Gasteiger partial charge in [0.05, 0.1) is 10.2 Å². The van der Waals surface area contributed by atoms with Crippen molar-refractivity contribution in [3.05, 3.63) is 35.3 Å². The van der Waals surface area contributed by atoms with E-state index in [1.54, 1.807) is 22.3 Å². The Morgan fingerprint density at radius 1 is 1.50 bits per heavy atom. The topological polar surface area (TPSA) is 62.3 Å². The first kappa shape index (κ1) is 14.7. The lowest BCUT2D eigenvalue weighted by Gasteiger charge is -2.33. The molecule has 1 N–H and O–H groups in total. The monoisotopic (exact) mass is 315 g/mol. The number of amides is 2. The molecule has 1 aromatic heterocycles. The van der Waals surface area contributed by atoms with Crippen molar-refractivity contribution in [1.82, 2.24) is 15.2 Å². The number of para-hydroxylation sites is 1. The molecular formula is C16H17N3O2S. The number of nitrogens with one attached hydrogen (secondary N) is 1. The molecule has 1 aliphatic rings. The Morgan fingerprint density at radius 3 is 3.09 bits per heavy atom. The number of rotatable bonds is 3. The van der Waals surface area contributed by atoms with Gasteiger partial charge in [0.2, 0.25) is 11.8 Å². The van der Waals surface area contributed by atoms with E-state index in [1.165, 1.54) is 6.08 Å². The summed E-state index contributed by atoms with van der Waals surface area (Å²) < 4.78 is 1.10. The largest absolute Gasteiger partial charge is 0.353 e. The Hall–Kier alpha value is -2.21. The zero-order valence-corrected chi connectivity index (χ0v) is 13.1. The van der Waals surface area contributed by atoms with Gasteiger partial charge in [-0.1, -0.05) is 19.1 Å². The SMILES string of the molecule is CCC1C(=O)NCCN1C(=O)C=Cc1nc2ccccc2s1. The first-order chi connectivity index (χ1) is 10.7. The molecule has 2 aromatic rings. The predicted molar refractivity (Wildman–Crippen MR) is 87.5 cm³/mol. The lowest BCUT2D eigenvalue weighted by atomic mass is 10.1. The number of benzene rings is 1. The second-order valence-electron chi connectivity index (χ2n) is 5.10. The summed E-state index contributed by atoms with van der Waals surface area (Å²) in [6, 6.07) is 7.50.